The van der Waals surface area contributed by atoms with Crippen LogP contribution >= 0.6 is 11.3 Å². The summed E-state index contributed by atoms with van der Waals surface area (Å²) in [5.41, 5.74) is 1.17. The molecule has 32 heavy (non-hydrogen) atoms. The molecule has 0 unspecified atom stereocenters. The first kappa shape index (κ1) is 21.5. The van der Waals surface area contributed by atoms with E-state index in [1.807, 2.05) is 24.3 Å². The maximum absolute atomic E-state index is 13.6. The van der Waals surface area contributed by atoms with E-state index < -0.39 is 10.0 Å². The topological polar surface area (TPSA) is 79.8 Å². The summed E-state index contributed by atoms with van der Waals surface area (Å²) in [6.45, 7) is 2.13. The molecule has 0 bridgehead atoms. The second kappa shape index (κ2) is 8.90. The predicted octanol–water partition coefficient (Wildman–Crippen LogP) is 3.91. The van der Waals surface area contributed by atoms with Gasteiger partial charge in [0, 0.05) is 25.3 Å². The van der Waals surface area contributed by atoms with Crippen LogP contribution in [0.3, 0.4) is 0 Å². The summed E-state index contributed by atoms with van der Waals surface area (Å²) in [7, 11) is -3.60. The van der Waals surface area contributed by atoms with Gasteiger partial charge in [-0.2, -0.15) is 4.31 Å². The predicted molar refractivity (Wildman–Crippen MR) is 125 cm³/mol. The summed E-state index contributed by atoms with van der Waals surface area (Å²) in [6, 6.07) is 14.1. The van der Waals surface area contributed by atoms with Crippen molar-refractivity contribution in [2.24, 2.45) is 0 Å². The van der Waals surface area contributed by atoms with Crippen molar-refractivity contribution in [2.75, 3.05) is 31.1 Å². The molecule has 1 amide bonds. The Morgan fingerprint density at radius 3 is 2.69 bits per heavy atom. The number of aromatic nitrogens is 1. The van der Waals surface area contributed by atoms with Crippen LogP contribution in [-0.2, 0) is 14.8 Å². The molecule has 7 nitrogen and oxygen atoms in total. The summed E-state index contributed by atoms with van der Waals surface area (Å²) in [5, 5.41) is 0.597. The Balaban J connectivity index is 1.49. The molecule has 2 saturated heterocycles. The molecule has 0 aliphatic carbocycles. The number of thiazole rings is 1. The summed E-state index contributed by atoms with van der Waals surface area (Å²) in [5.74, 6) is -0.266. The molecule has 2 aromatic carbocycles. The number of ether oxygens (including phenoxy) is 1. The third kappa shape index (κ3) is 4.17. The maximum atomic E-state index is 13.6. The molecular weight excluding hydrogens is 446 g/mol. The smallest absolute Gasteiger partial charge is 0.260 e. The number of benzene rings is 2. The van der Waals surface area contributed by atoms with Crippen LogP contribution in [0.4, 0.5) is 5.13 Å². The zero-order valence-corrected chi connectivity index (χ0v) is 19.3. The van der Waals surface area contributed by atoms with Crippen LogP contribution in [0.25, 0.3) is 10.2 Å². The Morgan fingerprint density at radius 2 is 1.94 bits per heavy atom. The third-order valence-corrected chi connectivity index (χ3v) is 8.91. The van der Waals surface area contributed by atoms with Crippen molar-refractivity contribution >= 4 is 42.6 Å². The minimum atomic E-state index is -3.60. The highest BCUT2D eigenvalue weighted by molar-refractivity contribution is 7.89. The first-order valence-electron chi connectivity index (χ1n) is 10.9. The van der Waals surface area contributed by atoms with E-state index in [1.54, 1.807) is 23.1 Å². The highest BCUT2D eigenvalue weighted by Gasteiger charge is 2.30. The lowest BCUT2D eigenvalue weighted by molar-refractivity contribution is 0.0917. The van der Waals surface area contributed by atoms with Gasteiger partial charge in [-0.15, -0.1) is 0 Å². The minimum Gasteiger partial charge on any atom is -0.376 e. The van der Waals surface area contributed by atoms with Crippen molar-refractivity contribution in [3.63, 3.8) is 0 Å². The Bertz CT molecular complexity index is 1200. The molecule has 2 aliphatic heterocycles. The van der Waals surface area contributed by atoms with Gasteiger partial charge in [-0.1, -0.05) is 29.5 Å². The molecule has 1 aromatic heterocycles. The van der Waals surface area contributed by atoms with Gasteiger partial charge in [-0.05, 0) is 56.0 Å². The molecule has 0 spiro atoms. The quantitative estimate of drug-likeness (QED) is 0.545. The zero-order chi connectivity index (χ0) is 22.1. The number of amides is 1. The second-order valence-corrected chi connectivity index (χ2v) is 11.1. The Kier molecular flexibility index (Phi) is 5.98. The van der Waals surface area contributed by atoms with Crippen molar-refractivity contribution in [3.8, 4) is 0 Å². The normalized spacial score (nSPS) is 19.6. The van der Waals surface area contributed by atoms with Crippen LogP contribution in [0, 0.1) is 0 Å². The van der Waals surface area contributed by atoms with E-state index in [0.717, 1.165) is 35.9 Å². The van der Waals surface area contributed by atoms with E-state index in [4.69, 9.17) is 4.74 Å². The number of hydrogen-bond acceptors (Lipinski definition) is 6. The van der Waals surface area contributed by atoms with Gasteiger partial charge in [0.15, 0.2) is 5.13 Å². The highest BCUT2D eigenvalue weighted by atomic mass is 32.2. The van der Waals surface area contributed by atoms with Gasteiger partial charge >= 0.3 is 0 Å². The lowest BCUT2D eigenvalue weighted by atomic mass is 10.2. The average Bonchev–Trinajstić information content (AvgIpc) is 3.58. The standard InChI is InChI=1S/C23H25N3O4S2/c27-22(17-7-5-9-19(15-17)32(28,29)25-12-3-4-13-25)26(16-18-8-6-14-30-18)23-24-20-10-1-2-11-21(20)31-23/h1-2,5,7,9-11,15,18H,3-4,6,8,12-14,16H2/t18-/m0/s1. The van der Waals surface area contributed by atoms with Gasteiger partial charge in [-0.25, -0.2) is 13.4 Å². The van der Waals surface area contributed by atoms with Crippen LogP contribution in [-0.4, -0.2) is 56.0 Å². The maximum Gasteiger partial charge on any atom is 0.260 e. The van der Waals surface area contributed by atoms with Crippen LogP contribution in [0.1, 0.15) is 36.0 Å². The molecule has 2 fully saturated rings. The van der Waals surface area contributed by atoms with Crippen molar-refractivity contribution in [1.29, 1.82) is 0 Å². The van der Waals surface area contributed by atoms with E-state index in [-0.39, 0.29) is 16.9 Å². The average molecular weight is 472 g/mol. The number of fused-ring (bicyclic) bond motifs is 1. The zero-order valence-electron chi connectivity index (χ0n) is 17.6. The molecule has 2 aliphatic rings. The monoisotopic (exact) mass is 471 g/mol. The van der Waals surface area contributed by atoms with Gasteiger partial charge in [-0.3, -0.25) is 9.69 Å². The molecule has 0 N–H and O–H groups in total. The van der Waals surface area contributed by atoms with Gasteiger partial charge in [0.05, 0.1) is 27.8 Å². The van der Waals surface area contributed by atoms with Gasteiger partial charge < -0.3 is 4.74 Å². The van der Waals surface area contributed by atoms with Crippen LogP contribution in [0.15, 0.2) is 53.4 Å². The number of para-hydroxylation sites is 1. The second-order valence-electron chi connectivity index (χ2n) is 8.15. The Hall–Kier alpha value is -2.33. The van der Waals surface area contributed by atoms with Gasteiger partial charge in [0.2, 0.25) is 10.0 Å². The number of nitrogens with zero attached hydrogens (tertiary/aromatic N) is 3. The Labute approximate surface area is 191 Å². The van der Waals surface area contributed by atoms with E-state index >= 15 is 0 Å². The van der Waals surface area contributed by atoms with Crippen molar-refractivity contribution in [1.82, 2.24) is 9.29 Å². The van der Waals surface area contributed by atoms with E-state index in [1.165, 1.54) is 21.7 Å². The van der Waals surface area contributed by atoms with Crippen molar-refractivity contribution < 1.29 is 17.9 Å². The van der Waals surface area contributed by atoms with Crippen LogP contribution < -0.4 is 4.90 Å². The lowest BCUT2D eigenvalue weighted by Crippen LogP contribution is -2.37. The number of carbonyl (C=O) groups excluding carboxylic acids is 1. The number of hydrogen-bond donors (Lipinski definition) is 0. The molecule has 0 saturated carbocycles. The SMILES string of the molecule is O=C(c1cccc(S(=O)(=O)N2CCCC2)c1)N(C[C@@H]1CCCO1)c1nc2ccccc2s1. The number of anilines is 1. The highest BCUT2D eigenvalue weighted by Crippen LogP contribution is 2.31. The van der Waals surface area contributed by atoms with Crippen molar-refractivity contribution in [3.05, 3.63) is 54.1 Å². The van der Waals surface area contributed by atoms with E-state index in [9.17, 15) is 13.2 Å². The van der Waals surface area contributed by atoms with Crippen LogP contribution in [0.2, 0.25) is 0 Å². The molecule has 1 atom stereocenters. The van der Waals surface area contributed by atoms with E-state index in [0.29, 0.717) is 36.9 Å². The molecule has 5 rings (SSSR count). The largest absolute Gasteiger partial charge is 0.376 e. The number of carbonyl (C=O) groups is 1. The Morgan fingerprint density at radius 1 is 1.12 bits per heavy atom. The minimum absolute atomic E-state index is 0.0533. The van der Waals surface area contributed by atoms with E-state index in [2.05, 4.69) is 4.98 Å². The van der Waals surface area contributed by atoms with Gasteiger partial charge in [0.25, 0.3) is 5.91 Å². The summed E-state index contributed by atoms with van der Waals surface area (Å²) < 4.78 is 34.3. The van der Waals surface area contributed by atoms with Gasteiger partial charge in [0.1, 0.15) is 0 Å². The fourth-order valence-corrected chi connectivity index (χ4v) is 6.77. The molecule has 3 heterocycles. The fraction of sp³-hybridized carbons (Fsp3) is 0.391. The lowest BCUT2D eigenvalue weighted by Gasteiger charge is -2.23. The molecule has 3 aromatic rings. The van der Waals surface area contributed by atoms with Crippen LogP contribution in [0.5, 0.6) is 0 Å². The molecule has 0 radical (unpaired) electrons. The third-order valence-electron chi connectivity index (χ3n) is 5.95. The number of sulfonamides is 1. The summed E-state index contributed by atoms with van der Waals surface area (Å²) in [6.07, 6.45) is 3.53. The first-order chi connectivity index (χ1) is 15.5. The molecular formula is C23H25N3O4S2. The molecule has 9 heteroatoms. The molecule has 168 valence electrons. The number of rotatable bonds is 6. The first-order valence-corrected chi connectivity index (χ1v) is 13.2. The summed E-state index contributed by atoms with van der Waals surface area (Å²) in [4.78, 5) is 20.1. The summed E-state index contributed by atoms with van der Waals surface area (Å²) >= 11 is 1.45. The van der Waals surface area contributed by atoms with Crippen molar-refractivity contribution in [2.45, 2.75) is 36.7 Å². The fourth-order valence-electron chi connectivity index (χ4n) is 4.24.